The van der Waals surface area contributed by atoms with Gasteiger partial charge in [-0.1, -0.05) is 30.3 Å². The normalized spacial score (nSPS) is 15.4. The summed E-state index contributed by atoms with van der Waals surface area (Å²) >= 11 is 0. The Morgan fingerprint density at radius 3 is 2.49 bits per heavy atom. The predicted octanol–water partition coefficient (Wildman–Crippen LogP) is 5.06. The van der Waals surface area contributed by atoms with Crippen LogP contribution in [0.5, 0.6) is 0 Å². The van der Waals surface area contributed by atoms with Gasteiger partial charge in [-0.05, 0) is 55.8 Å². The van der Waals surface area contributed by atoms with Crippen molar-refractivity contribution in [3.05, 3.63) is 84.2 Å². The van der Waals surface area contributed by atoms with Gasteiger partial charge in [0.1, 0.15) is 11.5 Å². The molecule has 1 aliphatic heterocycles. The molecule has 8 nitrogen and oxygen atoms in total. The number of nitrogens with zero attached hydrogens (tertiary/aromatic N) is 4. The van der Waals surface area contributed by atoms with E-state index >= 15 is 0 Å². The fraction of sp³-hybridized carbons (Fsp3) is 0.267. The van der Waals surface area contributed by atoms with E-state index in [-0.39, 0.29) is 24.2 Å². The number of benzene rings is 3. The molecule has 9 heteroatoms. The number of piperazine rings is 1. The van der Waals surface area contributed by atoms with Crippen molar-refractivity contribution < 1.29 is 19.1 Å². The number of carbonyl (C=O) groups is 2. The highest BCUT2D eigenvalue weighted by atomic mass is 19.1. The smallest absolute Gasteiger partial charge is 0.303 e. The zero-order valence-electron chi connectivity index (χ0n) is 21.7. The Morgan fingerprint density at radius 2 is 1.77 bits per heavy atom. The van der Waals surface area contributed by atoms with E-state index in [9.17, 15) is 14.0 Å². The largest absolute Gasteiger partial charge is 0.481 e. The lowest BCUT2D eigenvalue weighted by Gasteiger charge is -2.41. The summed E-state index contributed by atoms with van der Waals surface area (Å²) in [6, 6.07) is 21.4. The van der Waals surface area contributed by atoms with Gasteiger partial charge >= 0.3 is 5.97 Å². The molecule has 0 radical (unpaired) electrons. The number of nitrogens with one attached hydrogen (secondary N) is 1. The predicted molar refractivity (Wildman–Crippen MR) is 149 cm³/mol. The lowest BCUT2D eigenvalue weighted by atomic mass is 10.1. The zero-order valence-corrected chi connectivity index (χ0v) is 21.7. The summed E-state index contributed by atoms with van der Waals surface area (Å²) in [6.07, 6.45) is 0.504. The molecule has 0 unspecified atom stereocenters. The Balaban J connectivity index is 1.38. The summed E-state index contributed by atoms with van der Waals surface area (Å²) in [5.74, 6) is -0.645. The van der Waals surface area contributed by atoms with Gasteiger partial charge in [-0.3, -0.25) is 9.59 Å². The molecule has 0 saturated carbocycles. The van der Waals surface area contributed by atoms with E-state index in [0.717, 1.165) is 11.3 Å². The molecule has 3 aromatic carbocycles. The maximum Gasteiger partial charge on any atom is 0.303 e. The highest BCUT2D eigenvalue weighted by Gasteiger charge is 2.28. The van der Waals surface area contributed by atoms with Crippen LogP contribution in [-0.2, 0) is 4.79 Å². The van der Waals surface area contributed by atoms with E-state index in [1.54, 1.807) is 24.3 Å². The molecule has 2 N–H and O–H groups in total. The summed E-state index contributed by atoms with van der Waals surface area (Å²) < 4.78 is 13.3. The van der Waals surface area contributed by atoms with Crippen LogP contribution in [0, 0.1) is 5.82 Å². The Morgan fingerprint density at radius 1 is 1.00 bits per heavy atom. The Hall–Kier alpha value is -4.53. The molecule has 4 aromatic rings. The number of carboxylic acids is 1. The lowest BCUT2D eigenvalue weighted by molar-refractivity contribution is -0.137. The van der Waals surface area contributed by atoms with Crippen LogP contribution in [-0.4, -0.2) is 64.1 Å². The van der Waals surface area contributed by atoms with Gasteiger partial charge in [0.05, 0.1) is 11.0 Å². The first-order valence-electron chi connectivity index (χ1n) is 13.0. The number of amides is 1. The molecular formula is C30H30FN5O3. The maximum atomic E-state index is 13.5. The molecule has 1 saturated heterocycles. The number of carboxylic acid groups (broad SMARTS) is 1. The number of halogens is 1. The second-order valence-electron chi connectivity index (χ2n) is 9.68. The fourth-order valence-corrected chi connectivity index (χ4v) is 4.87. The van der Waals surface area contributed by atoms with Crippen LogP contribution >= 0.6 is 0 Å². The van der Waals surface area contributed by atoms with Crippen molar-refractivity contribution in [2.75, 3.05) is 36.4 Å². The summed E-state index contributed by atoms with van der Waals surface area (Å²) in [4.78, 5) is 38.1. The maximum absolute atomic E-state index is 13.5. The number of hydrogen-bond donors (Lipinski definition) is 2. The first-order valence-corrected chi connectivity index (χ1v) is 13.0. The first-order chi connectivity index (χ1) is 18.9. The molecule has 1 aromatic heterocycles. The standard InChI is InChI=1S/C30H30FN5O3/c1-20-19-35(24-12-10-23(31)11-13-24)16-17-36(20)30(39)22-9-14-25-26(18-22)34-29(32-15-5-8-27(37)38)28(33-25)21-6-3-2-4-7-21/h2-4,6-7,9-14,18,20H,5,8,15-17,19H2,1H3,(H,32,34)(H,37,38)/t20-/m1/s1. The molecular weight excluding hydrogens is 497 g/mol. The van der Waals surface area contributed by atoms with Crippen LogP contribution in [0.25, 0.3) is 22.3 Å². The summed E-state index contributed by atoms with van der Waals surface area (Å²) in [6.45, 7) is 4.29. The third-order valence-corrected chi connectivity index (χ3v) is 6.90. The van der Waals surface area contributed by atoms with Crippen molar-refractivity contribution in [3.63, 3.8) is 0 Å². The Bertz CT molecular complexity index is 1480. The molecule has 1 amide bonds. The number of fused-ring (bicyclic) bond motifs is 1. The van der Waals surface area contributed by atoms with Crippen LogP contribution < -0.4 is 10.2 Å². The van der Waals surface area contributed by atoms with Gasteiger partial charge in [-0.25, -0.2) is 14.4 Å². The Kier molecular flexibility index (Phi) is 7.67. The topological polar surface area (TPSA) is 98.7 Å². The molecule has 1 aliphatic rings. The summed E-state index contributed by atoms with van der Waals surface area (Å²) in [5.41, 5.74) is 4.27. The number of aromatic nitrogens is 2. The minimum atomic E-state index is -0.847. The van der Waals surface area contributed by atoms with Crippen molar-refractivity contribution in [3.8, 4) is 11.3 Å². The lowest BCUT2D eigenvalue weighted by Crippen LogP contribution is -2.54. The first kappa shape index (κ1) is 26.1. The third-order valence-electron chi connectivity index (χ3n) is 6.90. The van der Waals surface area contributed by atoms with E-state index in [0.29, 0.717) is 60.7 Å². The number of anilines is 2. The van der Waals surface area contributed by atoms with E-state index < -0.39 is 5.97 Å². The highest BCUT2D eigenvalue weighted by molar-refractivity contribution is 5.98. The van der Waals surface area contributed by atoms with Crippen molar-refractivity contribution in [2.45, 2.75) is 25.8 Å². The van der Waals surface area contributed by atoms with Crippen LogP contribution in [0.4, 0.5) is 15.9 Å². The zero-order chi connectivity index (χ0) is 27.4. The molecule has 1 fully saturated rings. The van der Waals surface area contributed by atoms with Crippen molar-refractivity contribution in [2.24, 2.45) is 0 Å². The third kappa shape index (κ3) is 5.98. The average Bonchev–Trinajstić information content (AvgIpc) is 2.95. The van der Waals surface area contributed by atoms with Gasteiger partial charge in [-0.15, -0.1) is 0 Å². The van der Waals surface area contributed by atoms with Gasteiger partial charge < -0.3 is 20.2 Å². The summed E-state index contributed by atoms with van der Waals surface area (Å²) in [5, 5.41) is 12.2. The van der Waals surface area contributed by atoms with E-state index in [4.69, 9.17) is 15.1 Å². The van der Waals surface area contributed by atoms with Crippen molar-refractivity contribution >= 4 is 34.4 Å². The van der Waals surface area contributed by atoms with Crippen LogP contribution in [0.15, 0.2) is 72.8 Å². The minimum Gasteiger partial charge on any atom is -0.481 e. The molecule has 1 atom stereocenters. The van der Waals surface area contributed by atoms with Gasteiger partial charge in [-0.2, -0.15) is 0 Å². The number of hydrogen-bond acceptors (Lipinski definition) is 6. The molecule has 0 bridgehead atoms. The van der Waals surface area contributed by atoms with Gasteiger partial charge in [0, 0.05) is 55.5 Å². The van der Waals surface area contributed by atoms with Crippen LogP contribution in [0.2, 0.25) is 0 Å². The van der Waals surface area contributed by atoms with Crippen molar-refractivity contribution in [1.29, 1.82) is 0 Å². The molecule has 0 aliphatic carbocycles. The average molecular weight is 528 g/mol. The van der Waals surface area contributed by atoms with Crippen LogP contribution in [0.1, 0.15) is 30.1 Å². The summed E-state index contributed by atoms with van der Waals surface area (Å²) in [7, 11) is 0. The highest BCUT2D eigenvalue weighted by Crippen LogP contribution is 2.28. The molecule has 200 valence electrons. The molecule has 39 heavy (non-hydrogen) atoms. The van der Waals surface area contributed by atoms with Gasteiger partial charge in [0.15, 0.2) is 5.82 Å². The number of rotatable bonds is 8. The van der Waals surface area contributed by atoms with Gasteiger partial charge in [0.25, 0.3) is 5.91 Å². The molecule has 5 rings (SSSR count). The van der Waals surface area contributed by atoms with E-state index in [1.165, 1.54) is 12.1 Å². The fourth-order valence-electron chi connectivity index (χ4n) is 4.87. The van der Waals surface area contributed by atoms with Crippen molar-refractivity contribution in [1.82, 2.24) is 14.9 Å². The quantitative estimate of drug-likeness (QED) is 0.309. The second-order valence-corrected chi connectivity index (χ2v) is 9.68. The number of carbonyl (C=O) groups excluding carboxylic acids is 1. The van der Waals surface area contributed by atoms with E-state index in [1.807, 2.05) is 48.2 Å². The van der Waals surface area contributed by atoms with E-state index in [2.05, 4.69) is 10.2 Å². The van der Waals surface area contributed by atoms with Gasteiger partial charge in [0.2, 0.25) is 0 Å². The molecule has 0 spiro atoms. The Labute approximate surface area is 226 Å². The molecule has 2 heterocycles. The van der Waals surface area contributed by atoms with Crippen LogP contribution in [0.3, 0.4) is 0 Å². The monoisotopic (exact) mass is 527 g/mol. The number of aliphatic carboxylic acids is 1. The SMILES string of the molecule is C[C@@H]1CN(c2ccc(F)cc2)CCN1C(=O)c1ccc2nc(-c3ccccc3)c(NCCCC(=O)O)nc2c1. The second kappa shape index (κ2) is 11.5. The minimum absolute atomic E-state index is 0.0370.